The zero-order valence-corrected chi connectivity index (χ0v) is 12.4. The molecule has 18 heavy (non-hydrogen) atoms. The fraction of sp³-hybridized carbons (Fsp3) is 0.273. The first kappa shape index (κ1) is 14.7. The number of carbonyl (C=O) groups is 1. The number of carbonyl (C=O) groups excluding carboxylic acids is 1. The minimum absolute atomic E-state index is 0. The Labute approximate surface area is 119 Å². The highest BCUT2D eigenvalue weighted by atomic mass is 79.9. The molecule has 2 aromatic rings. The summed E-state index contributed by atoms with van der Waals surface area (Å²) in [6, 6.07) is 3.81. The average Bonchev–Trinajstić information content (AvgIpc) is 2.77. The van der Waals surface area contributed by atoms with Gasteiger partial charge in [0.1, 0.15) is 10.8 Å². The summed E-state index contributed by atoms with van der Waals surface area (Å²) in [5.74, 6) is 0.505. The van der Waals surface area contributed by atoms with Gasteiger partial charge in [-0.25, -0.2) is 9.78 Å². The first-order chi connectivity index (χ1) is 8.19. The van der Waals surface area contributed by atoms with Gasteiger partial charge in [0.15, 0.2) is 12.4 Å². The van der Waals surface area contributed by atoms with Crippen molar-refractivity contribution in [1.29, 1.82) is 0 Å². The largest absolute Gasteiger partial charge is 1.00 e. The SMILES string of the molecule is COC(=O)C[n+]1ccc(-c2nc(C)ns2)cc1.[Br-]. The Morgan fingerprint density at radius 3 is 2.61 bits per heavy atom. The molecule has 0 spiro atoms. The van der Waals surface area contributed by atoms with Gasteiger partial charge in [-0.1, -0.05) is 0 Å². The van der Waals surface area contributed by atoms with Crippen molar-refractivity contribution in [1.82, 2.24) is 9.36 Å². The maximum Gasteiger partial charge on any atom is 0.372 e. The van der Waals surface area contributed by atoms with Crippen LogP contribution in [0.1, 0.15) is 5.82 Å². The van der Waals surface area contributed by atoms with Crippen LogP contribution in [0.4, 0.5) is 0 Å². The number of hydrogen-bond acceptors (Lipinski definition) is 5. The molecule has 0 aliphatic heterocycles. The standard InChI is InChI=1S/C11H12N3O2S.BrH/c1-8-12-11(17-13-8)9-3-5-14(6-4-9)7-10(15)16-2;/h3-6H,7H2,1-2H3;1H/q+1;/p-1. The number of rotatable bonds is 3. The second-order valence-electron chi connectivity index (χ2n) is 3.48. The topological polar surface area (TPSA) is 56.0 Å². The van der Waals surface area contributed by atoms with E-state index in [1.165, 1.54) is 18.6 Å². The number of hydrogen-bond donors (Lipinski definition) is 0. The minimum atomic E-state index is -0.269. The molecule has 0 aliphatic rings. The number of aromatic nitrogens is 3. The molecule has 0 radical (unpaired) electrons. The molecule has 0 unspecified atom stereocenters. The average molecular weight is 330 g/mol. The van der Waals surface area contributed by atoms with Crippen molar-refractivity contribution >= 4 is 17.5 Å². The summed E-state index contributed by atoms with van der Waals surface area (Å²) in [5.41, 5.74) is 0.997. The zero-order valence-electron chi connectivity index (χ0n) is 9.96. The van der Waals surface area contributed by atoms with Gasteiger partial charge in [-0.05, 0) is 18.5 Å². The number of methoxy groups -OCH3 is 1. The van der Waals surface area contributed by atoms with Crippen LogP contribution < -0.4 is 21.5 Å². The van der Waals surface area contributed by atoms with Crippen LogP contribution >= 0.6 is 11.5 Å². The lowest BCUT2D eigenvalue weighted by molar-refractivity contribution is -0.685. The smallest absolute Gasteiger partial charge is 0.372 e. The summed E-state index contributed by atoms with van der Waals surface area (Å²) in [4.78, 5) is 15.4. The van der Waals surface area contributed by atoms with Crippen LogP contribution in [0.5, 0.6) is 0 Å². The number of aryl methyl sites for hydroxylation is 1. The summed E-state index contributed by atoms with van der Waals surface area (Å²) < 4.78 is 10.5. The number of halogens is 1. The summed E-state index contributed by atoms with van der Waals surface area (Å²) in [6.07, 6.45) is 3.64. The second kappa shape index (κ2) is 6.55. The third kappa shape index (κ3) is 3.58. The van der Waals surface area contributed by atoms with Gasteiger partial charge >= 0.3 is 5.97 Å². The third-order valence-corrected chi connectivity index (χ3v) is 3.06. The van der Waals surface area contributed by atoms with Crippen molar-refractivity contribution in [2.24, 2.45) is 0 Å². The van der Waals surface area contributed by atoms with E-state index in [-0.39, 0.29) is 29.5 Å². The number of nitrogens with zero attached hydrogens (tertiary/aromatic N) is 3. The van der Waals surface area contributed by atoms with Gasteiger partial charge in [-0.3, -0.25) is 0 Å². The van der Waals surface area contributed by atoms with Gasteiger partial charge in [0.25, 0.3) is 0 Å². The monoisotopic (exact) mass is 329 g/mol. The Bertz CT molecular complexity index is 527. The van der Waals surface area contributed by atoms with E-state index in [1.54, 1.807) is 4.57 Å². The summed E-state index contributed by atoms with van der Waals surface area (Å²) in [7, 11) is 1.38. The van der Waals surface area contributed by atoms with E-state index in [0.717, 1.165) is 16.4 Å². The van der Waals surface area contributed by atoms with Crippen LogP contribution in [-0.2, 0) is 16.1 Å². The minimum Gasteiger partial charge on any atom is -1.00 e. The fourth-order valence-corrected chi connectivity index (χ4v) is 2.01. The molecule has 0 atom stereocenters. The van der Waals surface area contributed by atoms with Crippen molar-refractivity contribution in [2.45, 2.75) is 13.5 Å². The number of pyridine rings is 1. The summed E-state index contributed by atoms with van der Waals surface area (Å²) in [6.45, 7) is 2.08. The van der Waals surface area contributed by atoms with Crippen LogP contribution in [0.15, 0.2) is 24.5 Å². The Morgan fingerprint density at radius 2 is 2.11 bits per heavy atom. The van der Waals surface area contributed by atoms with Crippen LogP contribution in [-0.4, -0.2) is 22.4 Å². The van der Waals surface area contributed by atoms with E-state index in [9.17, 15) is 4.79 Å². The van der Waals surface area contributed by atoms with Crippen LogP contribution in [0, 0.1) is 6.92 Å². The van der Waals surface area contributed by atoms with Gasteiger partial charge in [-0.2, -0.15) is 8.94 Å². The van der Waals surface area contributed by atoms with Gasteiger partial charge in [0.05, 0.1) is 7.11 Å². The predicted molar refractivity (Wildman–Crippen MR) is 62.3 cm³/mol. The van der Waals surface area contributed by atoms with E-state index in [2.05, 4.69) is 14.1 Å². The van der Waals surface area contributed by atoms with Crippen LogP contribution in [0.25, 0.3) is 10.6 Å². The highest BCUT2D eigenvalue weighted by molar-refractivity contribution is 7.09. The van der Waals surface area contributed by atoms with E-state index in [1.807, 2.05) is 31.5 Å². The van der Waals surface area contributed by atoms with E-state index < -0.39 is 0 Å². The van der Waals surface area contributed by atoms with Crippen LogP contribution in [0.2, 0.25) is 0 Å². The second-order valence-corrected chi connectivity index (χ2v) is 4.23. The van der Waals surface area contributed by atoms with Crippen LogP contribution in [0.3, 0.4) is 0 Å². The van der Waals surface area contributed by atoms with Crippen molar-refractivity contribution in [3.63, 3.8) is 0 Å². The molecule has 0 aromatic carbocycles. The normalized spacial score (nSPS) is 9.67. The van der Waals surface area contributed by atoms with Crippen molar-refractivity contribution in [3.05, 3.63) is 30.4 Å². The van der Waals surface area contributed by atoms with Crippen molar-refractivity contribution in [3.8, 4) is 10.6 Å². The van der Waals surface area contributed by atoms with Crippen molar-refractivity contribution in [2.75, 3.05) is 7.11 Å². The van der Waals surface area contributed by atoms with Crippen molar-refractivity contribution < 1.29 is 31.1 Å². The molecule has 96 valence electrons. The predicted octanol–water partition coefficient (Wildman–Crippen LogP) is -2.02. The number of ether oxygens (including phenoxy) is 1. The quantitative estimate of drug-likeness (QED) is 0.482. The van der Waals surface area contributed by atoms with E-state index in [4.69, 9.17) is 0 Å². The first-order valence-corrected chi connectivity index (χ1v) is 5.83. The Balaban J connectivity index is 0.00000162. The molecule has 7 heteroatoms. The fourth-order valence-electron chi connectivity index (χ4n) is 1.33. The lowest BCUT2D eigenvalue weighted by atomic mass is 10.3. The molecule has 2 heterocycles. The Morgan fingerprint density at radius 1 is 1.44 bits per heavy atom. The van der Waals surface area contributed by atoms with Gasteiger partial charge in [0.2, 0.25) is 6.54 Å². The molecule has 0 aliphatic carbocycles. The molecule has 0 amide bonds. The molecular formula is C11H12BrN3O2S. The Hall–Kier alpha value is -1.34. The highest BCUT2D eigenvalue weighted by Gasteiger charge is 2.10. The third-order valence-electron chi connectivity index (χ3n) is 2.21. The number of esters is 1. The first-order valence-electron chi connectivity index (χ1n) is 5.05. The highest BCUT2D eigenvalue weighted by Crippen LogP contribution is 2.19. The zero-order chi connectivity index (χ0) is 12.3. The molecule has 0 N–H and O–H groups in total. The molecule has 5 nitrogen and oxygen atoms in total. The molecule has 2 aromatic heterocycles. The van der Waals surface area contributed by atoms with E-state index in [0.29, 0.717) is 0 Å². The molecule has 2 rings (SSSR count). The Kier molecular flexibility index (Phi) is 5.36. The molecule has 0 fully saturated rings. The molecule has 0 saturated heterocycles. The molecular weight excluding hydrogens is 318 g/mol. The summed E-state index contributed by atoms with van der Waals surface area (Å²) >= 11 is 1.36. The van der Waals surface area contributed by atoms with Gasteiger partial charge in [-0.15, -0.1) is 0 Å². The maximum absolute atomic E-state index is 11.1. The lowest BCUT2D eigenvalue weighted by Crippen LogP contribution is -3.00. The van der Waals surface area contributed by atoms with Gasteiger partial charge < -0.3 is 21.7 Å². The summed E-state index contributed by atoms with van der Waals surface area (Å²) in [5, 5.41) is 0.882. The maximum atomic E-state index is 11.1. The van der Waals surface area contributed by atoms with Gasteiger partial charge in [0, 0.05) is 17.7 Å². The molecule has 0 saturated carbocycles. The lowest BCUT2D eigenvalue weighted by Gasteiger charge is -1.96. The molecule has 0 bridgehead atoms. The van der Waals surface area contributed by atoms with E-state index >= 15 is 0 Å².